The molecule has 1 atom stereocenters. The minimum atomic E-state index is -3.39. The second kappa shape index (κ2) is 2.88. The van der Waals surface area contributed by atoms with Gasteiger partial charge in [0.15, 0.2) is 5.67 Å². The Labute approximate surface area is 69.5 Å². The van der Waals surface area contributed by atoms with Crippen LogP contribution in [0, 0.1) is 0 Å². The zero-order valence-corrected chi connectivity index (χ0v) is 6.99. The minimum Gasteiger partial charge on any atom is -0.325 e. The van der Waals surface area contributed by atoms with Crippen LogP contribution >= 0.6 is 0 Å². The summed E-state index contributed by atoms with van der Waals surface area (Å²) in [6.07, 6.45) is -0.131. The van der Waals surface area contributed by atoms with E-state index in [9.17, 15) is 13.2 Å². The third kappa shape index (κ3) is 1.43. The molecule has 1 rings (SSSR count). The van der Waals surface area contributed by atoms with E-state index < -0.39 is 18.1 Å². The van der Waals surface area contributed by atoms with Gasteiger partial charge in [0, 0.05) is 19.5 Å². The summed E-state index contributed by atoms with van der Waals surface area (Å²) in [5.74, 6) is -3.39. The van der Waals surface area contributed by atoms with Crippen LogP contribution in [-0.2, 0) is 0 Å². The summed E-state index contributed by atoms with van der Waals surface area (Å²) in [5, 5.41) is 0. The van der Waals surface area contributed by atoms with Crippen molar-refractivity contribution in [1.82, 2.24) is 4.90 Å². The van der Waals surface area contributed by atoms with E-state index in [1.54, 1.807) is 11.9 Å². The Morgan fingerprint density at radius 2 is 2.17 bits per heavy atom. The second-order valence-corrected chi connectivity index (χ2v) is 3.36. The van der Waals surface area contributed by atoms with Crippen LogP contribution in [0.4, 0.5) is 13.2 Å². The molecule has 1 unspecified atom stereocenters. The fourth-order valence-electron chi connectivity index (χ4n) is 1.44. The van der Waals surface area contributed by atoms with Crippen LogP contribution in [-0.4, -0.2) is 43.2 Å². The highest BCUT2D eigenvalue weighted by Gasteiger charge is 2.56. The number of hydrogen-bond donors (Lipinski definition) is 1. The molecule has 0 aromatic carbocycles. The highest BCUT2D eigenvalue weighted by atomic mass is 19.3. The predicted molar refractivity (Wildman–Crippen MR) is 40.0 cm³/mol. The molecule has 0 aromatic rings. The zero-order chi connectivity index (χ0) is 9.41. The Morgan fingerprint density at radius 1 is 1.58 bits per heavy atom. The predicted octanol–water partition coefficient (Wildman–Crippen LogP) is 0.624. The third-order valence-electron chi connectivity index (χ3n) is 2.32. The van der Waals surface area contributed by atoms with Crippen molar-refractivity contribution in [2.45, 2.75) is 18.0 Å². The number of hydrogen-bond acceptors (Lipinski definition) is 2. The normalized spacial score (nSPS) is 32.8. The first-order valence-electron chi connectivity index (χ1n) is 3.87. The monoisotopic (exact) mass is 182 g/mol. The van der Waals surface area contributed by atoms with Crippen molar-refractivity contribution in [3.05, 3.63) is 0 Å². The van der Waals surface area contributed by atoms with Crippen LogP contribution in [0.15, 0.2) is 0 Å². The van der Waals surface area contributed by atoms with Gasteiger partial charge in [-0.1, -0.05) is 0 Å². The van der Waals surface area contributed by atoms with Crippen LogP contribution in [0.25, 0.3) is 0 Å². The number of alkyl halides is 3. The average molecular weight is 182 g/mol. The molecule has 12 heavy (non-hydrogen) atoms. The first-order valence-corrected chi connectivity index (χ1v) is 3.87. The van der Waals surface area contributed by atoms with Crippen molar-refractivity contribution in [1.29, 1.82) is 0 Å². The van der Waals surface area contributed by atoms with Crippen molar-refractivity contribution in [2.75, 3.05) is 26.7 Å². The largest absolute Gasteiger partial charge is 0.325 e. The van der Waals surface area contributed by atoms with Crippen molar-refractivity contribution in [3.63, 3.8) is 0 Å². The quantitative estimate of drug-likeness (QED) is 0.678. The molecule has 72 valence electrons. The molecule has 1 fully saturated rings. The van der Waals surface area contributed by atoms with Gasteiger partial charge >= 0.3 is 0 Å². The maximum atomic E-state index is 13.5. The van der Waals surface area contributed by atoms with Gasteiger partial charge < -0.3 is 10.6 Å². The Morgan fingerprint density at radius 3 is 2.50 bits per heavy atom. The van der Waals surface area contributed by atoms with Gasteiger partial charge in [-0.15, -0.1) is 0 Å². The molecule has 0 saturated carbocycles. The molecule has 2 nitrogen and oxygen atoms in total. The number of nitrogens with two attached hydrogens (primary N) is 1. The van der Waals surface area contributed by atoms with Crippen molar-refractivity contribution in [2.24, 2.45) is 5.73 Å². The summed E-state index contributed by atoms with van der Waals surface area (Å²) in [6, 6.07) is 0. The van der Waals surface area contributed by atoms with Gasteiger partial charge in [0.05, 0.1) is 6.54 Å². The summed E-state index contributed by atoms with van der Waals surface area (Å²) in [4.78, 5) is 1.55. The molecular weight excluding hydrogens is 169 g/mol. The molecule has 1 aliphatic heterocycles. The average Bonchev–Trinajstić information content (AvgIpc) is 2.33. The van der Waals surface area contributed by atoms with Crippen molar-refractivity contribution < 1.29 is 13.2 Å². The molecular formula is C7H13F3N2. The van der Waals surface area contributed by atoms with Gasteiger partial charge in [-0.2, -0.15) is 0 Å². The maximum Gasteiger partial charge on any atom is 0.294 e. The smallest absolute Gasteiger partial charge is 0.294 e. The molecule has 0 spiro atoms. The van der Waals surface area contributed by atoms with E-state index in [2.05, 4.69) is 0 Å². The molecule has 0 aromatic heterocycles. The van der Waals surface area contributed by atoms with E-state index in [0.29, 0.717) is 6.54 Å². The van der Waals surface area contributed by atoms with Crippen LogP contribution in [0.1, 0.15) is 6.42 Å². The van der Waals surface area contributed by atoms with E-state index in [1.807, 2.05) is 0 Å². The lowest BCUT2D eigenvalue weighted by atomic mass is 9.97. The minimum absolute atomic E-state index is 0.131. The van der Waals surface area contributed by atoms with Crippen molar-refractivity contribution >= 4 is 0 Å². The molecule has 0 radical (unpaired) electrons. The lowest BCUT2D eigenvalue weighted by Gasteiger charge is -2.28. The molecule has 5 heteroatoms. The number of likely N-dealkylation sites (tertiary alicyclic amines) is 1. The van der Waals surface area contributed by atoms with Gasteiger partial charge in [-0.25, -0.2) is 13.2 Å². The third-order valence-corrected chi connectivity index (χ3v) is 2.32. The van der Waals surface area contributed by atoms with E-state index in [-0.39, 0.29) is 13.0 Å². The van der Waals surface area contributed by atoms with Gasteiger partial charge in [-0.3, -0.25) is 0 Å². The van der Waals surface area contributed by atoms with E-state index in [1.165, 1.54) is 0 Å². The fraction of sp³-hybridized carbons (Fsp3) is 1.00. The molecule has 1 saturated heterocycles. The van der Waals surface area contributed by atoms with E-state index in [4.69, 9.17) is 5.73 Å². The van der Waals surface area contributed by atoms with E-state index >= 15 is 0 Å². The van der Waals surface area contributed by atoms with Gasteiger partial charge in [0.25, 0.3) is 5.92 Å². The summed E-state index contributed by atoms with van der Waals surface area (Å²) in [7, 11) is 1.62. The fourth-order valence-corrected chi connectivity index (χ4v) is 1.44. The number of halogens is 3. The maximum absolute atomic E-state index is 13.5. The van der Waals surface area contributed by atoms with Gasteiger partial charge in [0.2, 0.25) is 0 Å². The van der Waals surface area contributed by atoms with E-state index in [0.717, 1.165) is 0 Å². The van der Waals surface area contributed by atoms with Crippen molar-refractivity contribution in [3.8, 4) is 0 Å². The molecule has 0 aliphatic carbocycles. The highest BCUT2D eigenvalue weighted by molar-refractivity contribution is 5.00. The second-order valence-electron chi connectivity index (χ2n) is 3.36. The molecule has 0 amide bonds. The Bertz CT molecular complexity index is 174. The lowest BCUT2D eigenvalue weighted by Crippen LogP contribution is -2.50. The van der Waals surface area contributed by atoms with Gasteiger partial charge in [-0.05, 0) is 7.05 Å². The SMILES string of the molecule is CN1CCC(F)(C(F)(F)CN)C1. The first-order chi connectivity index (χ1) is 5.41. The van der Waals surface area contributed by atoms with Crippen LogP contribution < -0.4 is 5.73 Å². The Hall–Kier alpha value is -0.290. The topological polar surface area (TPSA) is 29.3 Å². The number of nitrogens with zero attached hydrogens (tertiary/aromatic N) is 1. The summed E-state index contributed by atoms with van der Waals surface area (Å²) in [6.45, 7) is -0.777. The first kappa shape index (κ1) is 9.80. The van der Waals surface area contributed by atoms with Gasteiger partial charge in [0.1, 0.15) is 0 Å². The van der Waals surface area contributed by atoms with Crippen LogP contribution in [0.3, 0.4) is 0 Å². The summed E-state index contributed by atoms with van der Waals surface area (Å²) < 4.78 is 39.2. The lowest BCUT2D eigenvalue weighted by molar-refractivity contribution is -0.123. The highest BCUT2D eigenvalue weighted by Crippen LogP contribution is 2.38. The molecule has 1 heterocycles. The Balaban J connectivity index is 2.72. The number of rotatable bonds is 2. The Kier molecular flexibility index (Phi) is 2.35. The molecule has 2 N–H and O–H groups in total. The summed E-state index contributed by atoms with van der Waals surface area (Å²) >= 11 is 0. The standard InChI is InChI=1S/C7H13F3N2/c1-12-3-2-6(8,5-12)7(9,10)4-11/h2-5,11H2,1H3. The summed E-state index contributed by atoms with van der Waals surface area (Å²) in [5.41, 5.74) is 2.39. The molecule has 1 aliphatic rings. The van der Waals surface area contributed by atoms with Crippen LogP contribution in [0.2, 0.25) is 0 Å². The van der Waals surface area contributed by atoms with Crippen LogP contribution in [0.5, 0.6) is 0 Å². The molecule has 0 bridgehead atoms. The zero-order valence-electron chi connectivity index (χ0n) is 6.99.